The number of allylic oxidation sites excluding steroid dienone is 2. The largest absolute Gasteiger partial charge is 0.462 e. The van der Waals surface area contributed by atoms with Crippen molar-refractivity contribution in [2.24, 2.45) is 0 Å². The molecule has 0 spiro atoms. The second-order valence-corrected chi connectivity index (χ2v) is 15.8. The fourth-order valence-corrected chi connectivity index (χ4v) is 7.08. The highest BCUT2D eigenvalue weighted by molar-refractivity contribution is 5.77. The highest BCUT2D eigenvalue weighted by Crippen LogP contribution is 2.17. The van der Waals surface area contributed by atoms with Crippen molar-refractivity contribution < 1.29 is 24.5 Å². The average molecular weight is 736 g/mol. The van der Waals surface area contributed by atoms with Crippen LogP contribution in [0.15, 0.2) is 12.2 Å². The summed E-state index contributed by atoms with van der Waals surface area (Å²) in [6.45, 7) is 6.40. The number of rotatable bonds is 41. The smallest absolute Gasteiger partial charge is 0.306 e. The third-order valence-corrected chi connectivity index (χ3v) is 10.6. The monoisotopic (exact) mass is 736 g/mol. The number of carbonyl (C=O) groups is 2. The van der Waals surface area contributed by atoms with Gasteiger partial charge in [-0.1, -0.05) is 200 Å². The summed E-state index contributed by atoms with van der Waals surface area (Å²) in [7, 11) is 0. The van der Waals surface area contributed by atoms with Crippen LogP contribution >= 0.6 is 0 Å². The Hall–Kier alpha value is -1.40. The number of aliphatic hydroxyl groups excluding tert-OH is 2. The summed E-state index contributed by atoms with van der Waals surface area (Å²) in [6.07, 6.45) is 42.8. The summed E-state index contributed by atoms with van der Waals surface area (Å²) >= 11 is 0. The average Bonchev–Trinajstić information content (AvgIpc) is 3.13. The first-order valence-corrected chi connectivity index (χ1v) is 22.9. The summed E-state index contributed by atoms with van der Waals surface area (Å²) in [6, 6.07) is -0.697. The maximum Gasteiger partial charge on any atom is 0.306 e. The van der Waals surface area contributed by atoms with Crippen LogP contribution in [-0.2, 0) is 14.3 Å². The summed E-state index contributed by atoms with van der Waals surface area (Å²) < 4.78 is 5.88. The molecule has 52 heavy (non-hydrogen) atoms. The van der Waals surface area contributed by atoms with E-state index < -0.39 is 18.2 Å². The molecule has 0 aromatic heterocycles. The van der Waals surface area contributed by atoms with Gasteiger partial charge in [0.2, 0.25) is 5.91 Å². The standard InChI is InChI=1S/C46H89NO5/c1-4-7-10-13-16-19-21-22-23-25-27-30-33-36-39-46(51)52-42(37-34-31-28-18-15-12-9-6-3)40-45(50)47-43(41-48)44(49)38-35-32-29-26-24-20-17-14-11-8-5-2/h12,15,42-44,48-49H,4-11,13-14,16-41H2,1-3H3,(H,47,50)/b15-12-. The topological polar surface area (TPSA) is 95.9 Å². The number of esters is 1. The van der Waals surface area contributed by atoms with Crippen molar-refractivity contribution in [2.45, 2.75) is 264 Å². The van der Waals surface area contributed by atoms with E-state index in [-0.39, 0.29) is 24.9 Å². The number of amides is 1. The third kappa shape index (κ3) is 35.6. The van der Waals surface area contributed by atoms with Crippen molar-refractivity contribution in [3.8, 4) is 0 Å². The van der Waals surface area contributed by atoms with Crippen molar-refractivity contribution in [2.75, 3.05) is 6.61 Å². The van der Waals surface area contributed by atoms with E-state index >= 15 is 0 Å². The Balaban J connectivity index is 4.46. The zero-order chi connectivity index (χ0) is 38.2. The summed E-state index contributed by atoms with van der Waals surface area (Å²) in [4.78, 5) is 25.9. The number of carbonyl (C=O) groups excluding carboxylic acids is 2. The third-order valence-electron chi connectivity index (χ3n) is 10.6. The first-order chi connectivity index (χ1) is 25.5. The fraction of sp³-hybridized carbons (Fsp3) is 0.913. The van der Waals surface area contributed by atoms with Gasteiger partial charge in [0.15, 0.2) is 0 Å². The van der Waals surface area contributed by atoms with Crippen molar-refractivity contribution in [1.29, 1.82) is 0 Å². The summed E-state index contributed by atoms with van der Waals surface area (Å²) in [5.41, 5.74) is 0. The lowest BCUT2D eigenvalue weighted by Crippen LogP contribution is -2.46. The predicted molar refractivity (Wildman–Crippen MR) is 223 cm³/mol. The number of ether oxygens (including phenoxy) is 1. The minimum Gasteiger partial charge on any atom is -0.462 e. The molecule has 1 amide bonds. The van der Waals surface area contributed by atoms with E-state index in [1.165, 1.54) is 135 Å². The normalized spacial score (nSPS) is 13.4. The Morgan fingerprint density at radius 3 is 1.44 bits per heavy atom. The highest BCUT2D eigenvalue weighted by atomic mass is 16.5. The molecule has 0 aliphatic heterocycles. The van der Waals surface area contributed by atoms with E-state index in [9.17, 15) is 19.8 Å². The molecule has 3 N–H and O–H groups in total. The Morgan fingerprint density at radius 1 is 0.538 bits per heavy atom. The maximum absolute atomic E-state index is 13.1. The van der Waals surface area contributed by atoms with E-state index in [0.717, 1.165) is 64.2 Å². The van der Waals surface area contributed by atoms with Gasteiger partial charge in [-0.3, -0.25) is 9.59 Å². The van der Waals surface area contributed by atoms with Crippen LogP contribution < -0.4 is 5.32 Å². The molecule has 3 unspecified atom stereocenters. The van der Waals surface area contributed by atoms with Crippen LogP contribution in [0.2, 0.25) is 0 Å². The zero-order valence-electron chi connectivity index (χ0n) is 35.0. The molecule has 0 saturated heterocycles. The van der Waals surface area contributed by atoms with E-state index in [2.05, 4.69) is 38.2 Å². The summed E-state index contributed by atoms with van der Waals surface area (Å²) in [5, 5.41) is 23.6. The Morgan fingerprint density at radius 2 is 0.962 bits per heavy atom. The predicted octanol–water partition coefficient (Wildman–Crippen LogP) is 13.0. The van der Waals surface area contributed by atoms with Gasteiger partial charge in [-0.25, -0.2) is 0 Å². The van der Waals surface area contributed by atoms with E-state index in [0.29, 0.717) is 19.3 Å². The SMILES string of the molecule is CCC/C=C\CCCCCC(CC(=O)NC(CO)C(O)CCCCCCCCCCCCC)OC(=O)CCCCCCCCCCCCCCCC. The molecule has 0 aromatic carbocycles. The number of aliphatic hydroxyl groups is 2. The fourth-order valence-electron chi connectivity index (χ4n) is 7.08. The van der Waals surface area contributed by atoms with E-state index in [1.54, 1.807) is 0 Å². The van der Waals surface area contributed by atoms with Gasteiger partial charge in [-0.05, 0) is 44.9 Å². The molecule has 0 fully saturated rings. The van der Waals surface area contributed by atoms with Gasteiger partial charge >= 0.3 is 5.97 Å². The molecule has 3 atom stereocenters. The maximum atomic E-state index is 13.1. The first kappa shape index (κ1) is 50.6. The van der Waals surface area contributed by atoms with Crippen LogP contribution in [-0.4, -0.2) is 46.9 Å². The molecule has 0 rings (SSSR count). The van der Waals surface area contributed by atoms with Gasteiger partial charge in [-0.2, -0.15) is 0 Å². The van der Waals surface area contributed by atoms with Crippen LogP contribution in [0.4, 0.5) is 0 Å². The van der Waals surface area contributed by atoms with Crippen molar-refractivity contribution in [3.63, 3.8) is 0 Å². The first-order valence-electron chi connectivity index (χ1n) is 22.9. The molecular weight excluding hydrogens is 647 g/mol. The van der Waals surface area contributed by atoms with Gasteiger partial charge in [0.25, 0.3) is 0 Å². The number of nitrogens with one attached hydrogen (secondary N) is 1. The van der Waals surface area contributed by atoms with E-state index in [4.69, 9.17) is 4.74 Å². The van der Waals surface area contributed by atoms with Gasteiger partial charge in [-0.15, -0.1) is 0 Å². The quantitative estimate of drug-likeness (QED) is 0.0330. The summed E-state index contributed by atoms with van der Waals surface area (Å²) in [5.74, 6) is -0.483. The van der Waals surface area contributed by atoms with Crippen molar-refractivity contribution >= 4 is 11.9 Å². The molecule has 0 bridgehead atoms. The molecule has 308 valence electrons. The number of hydrogen-bond acceptors (Lipinski definition) is 5. The van der Waals surface area contributed by atoms with Crippen LogP contribution in [0.25, 0.3) is 0 Å². The molecule has 0 aliphatic rings. The molecule has 0 radical (unpaired) electrons. The minimum absolute atomic E-state index is 0.0720. The Kier molecular flexibility index (Phi) is 39.7. The molecule has 0 aromatic rings. The molecular formula is C46H89NO5. The molecule has 0 saturated carbocycles. The number of unbranched alkanes of at least 4 members (excludes halogenated alkanes) is 27. The lowest BCUT2D eigenvalue weighted by atomic mass is 10.0. The zero-order valence-corrected chi connectivity index (χ0v) is 35.0. The lowest BCUT2D eigenvalue weighted by Gasteiger charge is -2.24. The van der Waals surface area contributed by atoms with Gasteiger partial charge in [0.05, 0.1) is 25.2 Å². The molecule has 6 heteroatoms. The van der Waals surface area contributed by atoms with Crippen LogP contribution in [0.5, 0.6) is 0 Å². The molecule has 6 nitrogen and oxygen atoms in total. The Bertz CT molecular complexity index is 787. The highest BCUT2D eigenvalue weighted by Gasteiger charge is 2.24. The number of hydrogen-bond donors (Lipinski definition) is 3. The van der Waals surface area contributed by atoms with Crippen LogP contribution in [0.3, 0.4) is 0 Å². The van der Waals surface area contributed by atoms with Crippen LogP contribution in [0.1, 0.15) is 245 Å². The van der Waals surface area contributed by atoms with Gasteiger partial charge in [0, 0.05) is 6.42 Å². The Labute approximate surface area is 323 Å². The van der Waals surface area contributed by atoms with Crippen molar-refractivity contribution in [1.82, 2.24) is 5.32 Å². The van der Waals surface area contributed by atoms with Crippen molar-refractivity contribution in [3.05, 3.63) is 12.2 Å². The van der Waals surface area contributed by atoms with Gasteiger partial charge < -0.3 is 20.3 Å². The minimum atomic E-state index is -0.783. The molecule has 0 aliphatic carbocycles. The van der Waals surface area contributed by atoms with Gasteiger partial charge in [0.1, 0.15) is 6.10 Å². The second-order valence-electron chi connectivity index (χ2n) is 15.8. The second kappa shape index (κ2) is 40.8. The van der Waals surface area contributed by atoms with E-state index in [1.807, 2.05) is 0 Å². The van der Waals surface area contributed by atoms with Crippen LogP contribution in [0, 0.1) is 0 Å². The lowest BCUT2D eigenvalue weighted by molar-refractivity contribution is -0.151. The molecule has 0 heterocycles.